The predicted molar refractivity (Wildman–Crippen MR) is 81.7 cm³/mol. The van der Waals surface area contributed by atoms with Crippen LogP contribution in [0.2, 0.25) is 0 Å². The molecule has 3 rings (SSSR count). The van der Waals surface area contributed by atoms with E-state index < -0.39 is 5.97 Å². The highest BCUT2D eigenvalue weighted by atomic mass is 16.4. The topological polar surface area (TPSA) is 80.9 Å². The Morgan fingerprint density at radius 3 is 2.82 bits per heavy atom. The van der Waals surface area contributed by atoms with Crippen LogP contribution in [0.5, 0.6) is 0 Å². The predicted octanol–water partition coefficient (Wildman–Crippen LogP) is 2.12. The molecule has 0 bridgehead atoms. The molecule has 0 saturated carbocycles. The number of pyridine rings is 2. The third-order valence-corrected chi connectivity index (χ3v) is 3.74. The van der Waals surface area contributed by atoms with Crippen molar-refractivity contribution in [3.8, 4) is 0 Å². The number of carbonyl (C=O) groups is 1. The third-order valence-electron chi connectivity index (χ3n) is 3.74. The van der Waals surface area contributed by atoms with Gasteiger partial charge in [0.2, 0.25) is 0 Å². The lowest BCUT2D eigenvalue weighted by Crippen LogP contribution is -2.08. The number of aliphatic carboxylic acids is 1. The van der Waals surface area contributed by atoms with E-state index in [2.05, 4.69) is 15.1 Å². The van der Waals surface area contributed by atoms with Gasteiger partial charge < -0.3 is 5.11 Å². The van der Waals surface area contributed by atoms with Crippen LogP contribution in [0, 0.1) is 13.8 Å². The van der Waals surface area contributed by atoms with Crippen molar-refractivity contribution in [1.29, 1.82) is 0 Å². The second-order valence-corrected chi connectivity index (χ2v) is 5.23. The Bertz CT molecular complexity index is 840. The molecule has 3 heterocycles. The molecule has 112 valence electrons. The van der Waals surface area contributed by atoms with Gasteiger partial charge in [-0.3, -0.25) is 9.78 Å². The first-order valence-electron chi connectivity index (χ1n) is 6.99. The Hall–Kier alpha value is -2.76. The van der Waals surface area contributed by atoms with E-state index in [4.69, 9.17) is 5.11 Å². The summed E-state index contributed by atoms with van der Waals surface area (Å²) in [5, 5.41) is 14.3. The van der Waals surface area contributed by atoms with Crippen LogP contribution in [0.3, 0.4) is 0 Å². The molecule has 6 heteroatoms. The molecule has 0 aromatic carbocycles. The molecule has 0 spiro atoms. The van der Waals surface area contributed by atoms with E-state index in [-0.39, 0.29) is 6.42 Å². The average molecular weight is 296 g/mol. The Labute approximate surface area is 127 Å². The molecule has 0 radical (unpaired) electrons. The fourth-order valence-corrected chi connectivity index (χ4v) is 2.59. The highest BCUT2D eigenvalue weighted by molar-refractivity contribution is 5.82. The van der Waals surface area contributed by atoms with Gasteiger partial charge in [0.1, 0.15) is 0 Å². The number of aryl methyl sites for hydroxylation is 2. The minimum atomic E-state index is -0.853. The maximum atomic E-state index is 11.0. The highest BCUT2D eigenvalue weighted by Gasteiger charge is 2.15. The van der Waals surface area contributed by atoms with Gasteiger partial charge in [-0.15, -0.1) is 0 Å². The van der Waals surface area contributed by atoms with E-state index in [9.17, 15) is 4.79 Å². The summed E-state index contributed by atoms with van der Waals surface area (Å²) in [4.78, 5) is 19.8. The summed E-state index contributed by atoms with van der Waals surface area (Å²) in [7, 11) is 0. The molecule has 0 unspecified atom stereocenters. The van der Waals surface area contributed by atoms with Crippen LogP contribution in [0.15, 0.2) is 30.6 Å². The number of rotatable bonds is 4. The third kappa shape index (κ3) is 2.55. The summed E-state index contributed by atoms with van der Waals surface area (Å²) in [5.41, 5.74) is 4.08. The molecule has 0 saturated heterocycles. The highest BCUT2D eigenvalue weighted by Crippen LogP contribution is 2.23. The van der Waals surface area contributed by atoms with Gasteiger partial charge in [0.25, 0.3) is 0 Å². The minimum absolute atomic E-state index is 0.0218. The molecule has 22 heavy (non-hydrogen) atoms. The first-order valence-corrected chi connectivity index (χ1v) is 6.99. The second-order valence-electron chi connectivity index (χ2n) is 5.23. The van der Waals surface area contributed by atoms with Crippen molar-refractivity contribution < 1.29 is 9.90 Å². The quantitative estimate of drug-likeness (QED) is 0.797. The number of carboxylic acid groups (broad SMARTS) is 1. The molecular weight excluding hydrogens is 280 g/mol. The molecule has 3 aromatic heterocycles. The van der Waals surface area contributed by atoms with Crippen LogP contribution in [0.25, 0.3) is 11.0 Å². The summed E-state index contributed by atoms with van der Waals surface area (Å²) in [6.45, 7) is 4.29. The monoisotopic (exact) mass is 296 g/mol. The Balaban J connectivity index is 2.06. The van der Waals surface area contributed by atoms with Crippen LogP contribution in [-0.4, -0.2) is 30.8 Å². The number of hydrogen-bond donors (Lipinski definition) is 1. The van der Waals surface area contributed by atoms with Gasteiger partial charge in [-0.05, 0) is 37.1 Å². The van der Waals surface area contributed by atoms with Gasteiger partial charge in [0, 0.05) is 17.3 Å². The van der Waals surface area contributed by atoms with Crippen LogP contribution in [0.4, 0.5) is 0 Å². The summed E-state index contributed by atoms with van der Waals surface area (Å²) in [6, 6.07) is 5.74. The van der Waals surface area contributed by atoms with Crippen molar-refractivity contribution in [1.82, 2.24) is 19.7 Å². The lowest BCUT2D eigenvalue weighted by Gasteiger charge is -2.09. The van der Waals surface area contributed by atoms with Crippen LogP contribution < -0.4 is 0 Å². The molecule has 0 fully saturated rings. The molecule has 1 N–H and O–H groups in total. The fraction of sp³-hybridized carbons (Fsp3) is 0.250. The van der Waals surface area contributed by atoms with E-state index in [1.165, 1.54) is 0 Å². The first-order chi connectivity index (χ1) is 10.6. The fourth-order valence-electron chi connectivity index (χ4n) is 2.59. The van der Waals surface area contributed by atoms with Gasteiger partial charge >= 0.3 is 5.97 Å². The molecule has 0 atom stereocenters. The maximum Gasteiger partial charge on any atom is 0.307 e. The van der Waals surface area contributed by atoms with E-state index >= 15 is 0 Å². The summed E-state index contributed by atoms with van der Waals surface area (Å²) in [5.74, 6) is -0.853. The van der Waals surface area contributed by atoms with Crippen molar-refractivity contribution in [3.05, 3.63) is 53.1 Å². The molecule has 0 aliphatic carbocycles. The van der Waals surface area contributed by atoms with Crippen molar-refractivity contribution in [2.45, 2.75) is 26.8 Å². The molecule has 3 aromatic rings. The van der Waals surface area contributed by atoms with E-state index in [0.717, 1.165) is 33.5 Å². The van der Waals surface area contributed by atoms with Crippen molar-refractivity contribution in [3.63, 3.8) is 0 Å². The van der Waals surface area contributed by atoms with Crippen LogP contribution >= 0.6 is 0 Å². The van der Waals surface area contributed by atoms with Crippen LogP contribution in [0.1, 0.15) is 22.5 Å². The zero-order chi connectivity index (χ0) is 15.7. The number of carboxylic acids is 1. The van der Waals surface area contributed by atoms with Gasteiger partial charge in [0.05, 0.1) is 24.9 Å². The van der Waals surface area contributed by atoms with Crippen molar-refractivity contribution >= 4 is 17.0 Å². The number of aromatic nitrogens is 4. The summed E-state index contributed by atoms with van der Waals surface area (Å²) >= 11 is 0. The molecular formula is C16H16N4O2. The van der Waals surface area contributed by atoms with Gasteiger partial charge in [-0.2, -0.15) is 5.10 Å². The maximum absolute atomic E-state index is 11.0. The molecule has 0 aliphatic heterocycles. The first kappa shape index (κ1) is 14.2. The normalized spacial score (nSPS) is 11.0. The van der Waals surface area contributed by atoms with Gasteiger partial charge in [0.15, 0.2) is 5.65 Å². The van der Waals surface area contributed by atoms with Crippen molar-refractivity contribution in [2.75, 3.05) is 0 Å². The van der Waals surface area contributed by atoms with Gasteiger partial charge in [-0.1, -0.05) is 6.07 Å². The van der Waals surface area contributed by atoms with Crippen molar-refractivity contribution in [2.24, 2.45) is 0 Å². The Kier molecular flexibility index (Phi) is 3.58. The molecule has 6 nitrogen and oxygen atoms in total. The van der Waals surface area contributed by atoms with E-state index in [1.54, 1.807) is 17.1 Å². The Morgan fingerprint density at radius 2 is 2.14 bits per heavy atom. The lowest BCUT2D eigenvalue weighted by molar-refractivity contribution is -0.136. The number of fused-ring (bicyclic) bond motifs is 1. The smallest absolute Gasteiger partial charge is 0.307 e. The van der Waals surface area contributed by atoms with Crippen LogP contribution in [-0.2, 0) is 17.8 Å². The van der Waals surface area contributed by atoms with E-state index in [1.807, 2.05) is 32.0 Å². The lowest BCUT2D eigenvalue weighted by atomic mass is 10.0. The largest absolute Gasteiger partial charge is 0.481 e. The number of hydrogen-bond acceptors (Lipinski definition) is 4. The van der Waals surface area contributed by atoms with E-state index in [0.29, 0.717) is 6.54 Å². The molecule has 0 aliphatic rings. The zero-order valence-electron chi connectivity index (χ0n) is 12.4. The molecule has 0 amide bonds. The standard InChI is InChI=1S/C16H16N4O2/c1-10-13(7-15(21)22)11(2)19-16-14(10)8-18-20(16)9-12-5-3-4-6-17-12/h3-6,8H,7,9H2,1-2H3,(H,21,22). The SMILES string of the molecule is Cc1nc2c(cnn2Cc2ccccn2)c(C)c1CC(=O)O. The zero-order valence-corrected chi connectivity index (χ0v) is 12.4. The Morgan fingerprint density at radius 1 is 1.32 bits per heavy atom. The summed E-state index contributed by atoms with van der Waals surface area (Å²) < 4.78 is 1.79. The average Bonchev–Trinajstić information content (AvgIpc) is 2.87. The van der Waals surface area contributed by atoms with Gasteiger partial charge in [-0.25, -0.2) is 9.67 Å². The second kappa shape index (κ2) is 5.55. The number of nitrogens with zero attached hydrogens (tertiary/aromatic N) is 4. The summed E-state index contributed by atoms with van der Waals surface area (Å²) in [6.07, 6.45) is 3.47. The minimum Gasteiger partial charge on any atom is -0.481 e.